The quantitative estimate of drug-likeness (QED) is 0.622. The van der Waals surface area contributed by atoms with E-state index in [4.69, 9.17) is 4.42 Å². The van der Waals surface area contributed by atoms with Crippen molar-refractivity contribution in [3.63, 3.8) is 0 Å². The van der Waals surface area contributed by atoms with Crippen LogP contribution < -0.4 is 0 Å². The Balaban J connectivity index is 1.94. The summed E-state index contributed by atoms with van der Waals surface area (Å²) in [6.45, 7) is 0. The minimum absolute atomic E-state index is 0.321. The van der Waals surface area contributed by atoms with E-state index >= 15 is 0 Å². The summed E-state index contributed by atoms with van der Waals surface area (Å²) >= 11 is 3.33. The Hall–Kier alpha value is -2.47. The van der Waals surface area contributed by atoms with Crippen molar-refractivity contribution in [2.45, 2.75) is 0 Å². The van der Waals surface area contributed by atoms with Crippen molar-refractivity contribution in [1.82, 2.24) is 4.98 Å². The van der Waals surface area contributed by atoms with Crippen molar-refractivity contribution >= 4 is 21.9 Å². The number of benzene rings is 2. The molecule has 0 aliphatic carbocycles. The lowest BCUT2D eigenvalue weighted by Gasteiger charge is -2.00. The molecular formula is C17H11BrFNO3. The summed E-state index contributed by atoms with van der Waals surface area (Å²) < 4.78 is 23.7. The maximum Gasteiger partial charge on any atom is 0.337 e. The highest BCUT2D eigenvalue weighted by Crippen LogP contribution is 2.32. The predicted octanol–water partition coefficient (Wildman–Crippen LogP) is 4.70. The van der Waals surface area contributed by atoms with Crippen LogP contribution in [0.4, 0.5) is 4.39 Å². The molecule has 0 N–H and O–H groups in total. The summed E-state index contributed by atoms with van der Waals surface area (Å²) in [6, 6.07) is 12.7. The maximum atomic E-state index is 13.0. The Morgan fingerprint density at radius 1 is 1.09 bits per heavy atom. The van der Waals surface area contributed by atoms with Crippen molar-refractivity contribution in [3.05, 3.63) is 64.6 Å². The minimum atomic E-state index is -0.400. The van der Waals surface area contributed by atoms with E-state index in [1.54, 1.807) is 36.4 Å². The first-order valence-corrected chi connectivity index (χ1v) is 7.49. The third-order valence-electron chi connectivity index (χ3n) is 3.26. The van der Waals surface area contributed by atoms with Crippen LogP contribution >= 0.6 is 15.9 Å². The Kier molecular flexibility index (Phi) is 4.25. The molecule has 0 fully saturated rings. The third-order valence-corrected chi connectivity index (χ3v) is 3.79. The molecule has 0 amide bonds. The van der Waals surface area contributed by atoms with Gasteiger partial charge in [0.1, 0.15) is 11.5 Å². The van der Waals surface area contributed by atoms with Crippen LogP contribution in [0, 0.1) is 5.82 Å². The van der Waals surface area contributed by atoms with Crippen LogP contribution in [-0.2, 0) is 4.74 Å². The molecule has 4 nitrogen and oxygen atoms in total. The van der Waals surface area contributed by atoms with E-state index < -0.39 is 5.97 Å². The topological polar surface area (TPSA) is 52.3 Å². The van der Waals surface area contributed by atoms with Gasteiger partial charge in [0.05, 0.1) is 12.7 Å². The van der Waals surface area contributed by atoms with E-state index in [-0.39, 0.29) is 5.82 Å². The molecule has 0 aliphatic heterocycles. The average molecular weight is 376 g/mol. The third kappa shape index (κ3) is 3.17. The monoisotopic (exact) mass is 375 g/mol. The Bertz CT molecular complexity index is 841. The number of hydrogen-bond acceptors (Lipinski definition) is 4. The fraction of sp³-hybridized carbons (Fsp3) is 0.0588. The first-order chi connectivity index (χ1) is 11.1. The molecule has 0 spiro atoms. The molecule has 3 rings (SSSR count). The zero-order valence-electron chi connectivity index (χ0n) is 12.0. The van der Waals surface area contributed by atoms with E-state index in [1.807, 2.05) is 0 Å². The molecule has 0 unspecified atom stereocenters. The number of ether oxygens (including phenoxy) is 1. The minimum Gasteiger partial charge on any atom is -0.465 e. The number of nitrogens with zero attached hydrogens (tertiary/aromatic N) is 1. The van der Waals surface area contributed by atoms with Gasteiger partial charge in [-0.05, 0) is 52.3 Å². The second kappa shape index (κ2) is 6.34. The average Bonchev–Trinajstić information content (AvgIpc) is 2.96. The van der Waals surface area contributed by atoms with Gasteiger partial charge in [-0.2, -0.15) is 0 Å². The van der Waals surface area contributed by atoms with Crippen molar-refractivity contribution in [3.8, 4) is 22.7 Å². The van der Waals surface area contributed by atoms with E-state index in [9.17, 15) is 9.18 Å². The number of halogens is 2. The number of oxazole rings is 1. The van der Waals surface area contributed by atoms with E-state index in [1.165, 1.54) is 19.2 Å². The van der Waals surface area contributed by atoms with Crippen LogP contribution in [-0.4, -0.2) is 18.1 Å². The Morgan fingerprint density at radius 2 is 1.70 bits per heavy atom. The largest absolute Gasteiger partial charge is 0.465 e. The number of carbonyl (C=O) groups is 1. The van der Waals surface area contributed by atoms with Gasteiger partial charge >= 0.3 is 5.97 Å². The second-order valence-corrected chi connectivity index (χ2v) is 5.44. The molecule has 6 heteroatoms. The zero-order chi connectivity index (χ0) is 16.4. The number of carbonyl (C=O) groups excluding carboxylic acids is 1. The summed E-state index contributed by atoms with van der Waals surface area (Å²) in [7, 11) is 1.33. The van der Waals surface area contributed by atoms with Crippen molar-refractivity contribution in [1.29, 1.82) is 0 Å². The van der Waals surface area contributed by atoms with Crippen LogP contribution in [0.3, 0.4) is 0 Å². The molecule has 1 heterocycles. The molecule has 0 saturated carbocycles. The van der Waals surface area contributed by atoms with Gasteiger partial charge in [0.2, 0.25) is 5.89 Å². The number of methoxy groups -OCH3 is 1. The molecule has 0 saturated heterocycles. The van der Waals surface area contributed by atoms with Gasteiger partial charge in [-0.1, -0.05) is 12.1 Å². The van der Waals surface area contributed by atoms with Crippen LogP contribution in [0.5, 0.6) is 0 Å². The second-order valence-electron chi connectivity index (χ2n) is 4.72. The van der Waals surface area contributed by atoms with Gasteiger partial charge in [-0.3, -0.25) is 0 Å². The van der Waals surface area contributed by atoms with Crippen LogP contribution in [0.2, 0.25) is 0 Å². The number of aromatic nitrogens is 1. The van der Waals surface area contributed by atoms with Crippen LogP contribution in [0.1, 0.15) is 10.4 Å². The SMILES string of the molecule is COC(=O)c1ccc(-c2nc(-c3ccc(F)cc3)oc2Br)cc1. The summed E-state index contributed by atoms with van der Waals surface area (Å²) in [6.07, 6.45) is 0. The molecule has 2 aromatic carbocycles. The molecule has 0 bridgehead atoms. The highest BCUT2D eigenvalue weighted by molar-refractivity contribution is 9.10. The number of esters is 1. The van der Waals surface area contributed by atoms with Crippen LogP contribution in [0.15, 0.2) is 57.6 Å². The van der Waals surface area contributed by atoms with Crippen molar-refractivity contribution < 1.29 is 18.3 Å². The molecule has 1 aromatic heterocycles. The fourth-order valence-electron chi connectivity index (χ4n) is 2.08. The lowest BCUT2D eigenvalue weighted by molar-refractivity contribution is 0.0601. The summed E-state index contributed by atoms with van der Waals surface area (Å²) in [5.74, 6) is -0.343. The molecule has 0 radical (unpaired) electrons. The molecule has 23 heavy (non-hydrogen) atoms. The van der Waals surface area contributed by atoms with Gasteiger partial charge in [0.15, 0.2) is 4.67 Å². The normalized spacial score (nSPS) is 10.6. The van der Waals surface area contributed by atoms with E-state index in [0.29, 0.717) is 27.4 Å². The Labute approximate surface area is 140 Å². The van der Waals surface area contributed by atoms with Crippen LogP contribution in [0.25, 0.3) is 22.7 Å². The zero-order valence-corrected chi connectivity index (χ0v) is 13.6. The summed E-state index contributed by atoms with van der Waals surface area (Å²) in [4.78, 5) is 15.9. The standard InChI is InChI=1S/C17H11BrFNO3/c1-22-17(21)12-4-2-10(3-5-12)14-15(18)23-16(20-14)11-6-8-13(19)9-7-11/h2-9H,1H3. The molecule has 0 atom stereocenters. The number of rotatable bonds is 3. The van der Waals surface area contributed by atoms with Gasteiger partial charge in [-0.25, -0.2) is 14.2 Å². The fourth-order valence-corrected chi connectivity index (χ4v) is 2.55. The lowest BCUT2D eigenvalue weighted by atomic mass is 10.1. The highest BCUT2D eigenvalue weighted by Gasteiger charge is 2.15. The summed E-state index contributed by atoms with van der Waals surface area (Å²) in [5, 5.41) is 0. The van der Waals surface area contributed by atoms with Gasteiger partial charge < -0.3 is 9.15 Å². The Morgan fingerprint density at radius 3 is 2.30 bits per heavy atom. The molecule has 0 aliphatic rings. The highest BCUT2D eigenvalue weighted by atomic mass is 79.9. The lowest BCUT2D eigenvalue weighted by Crippen LogP contribution is -2.00. The van der Waals surface area contributed by atoms with Crippen molar-refractivity contribution in [2.24, 2.45) is 0 Å². The first-order valence-electron chi connectivity index (χ1n) is 6.69. The van der Waals surface area contributed by atoms with Gasteiger partial charge in [0, 0.05) is 11.1 Å². The van der Waals surface area contributed by atoms with Crippen molar-refractivity contribution in [2.75, 3.05) is 7.11 Å². The molecule has 116 valence electrons. The van der Waals surface area contributed by atoms with E-state index in [2.05, 4.69) is 25.7 Å². The maximum absolute atomic E-state index is 13.0. The van der Waals surface area contributed by atoms with Gasteiger partial charge in [0.25, 0.3) is 0 Å². The van der Waals surface area contributed by atoms with E-state index in [0.717, 1.165) is 5.56 Å². The predicted molar refractivity (Wildman–Crippen MR) is 86.4 cm³/mol. The smallest absolute Gasteiger partial charge is 0.337 e. The molecule has 3 aromatic rings. The summed E-state index contributed by atoms with van der Waals surface area (Å²) in [5.41, 5.74) is 2.50. The first kappa shape index (κ1) is 15.4. The van der Waals surface area contributed by atoms with Gasteiger partial charge in [-0.15, -0.1) is 0 Å². The number of hydrogen-bond donors (Lipinski definition) is 0. The molecular weight excluding hydrogens is 365 g/mol.